The van der Waals surface area contributed by atoms with E-state index in [1.807, 2.05) is 84.4 Å². The van der Waals surface area contributed by atoms with Crippen LogP contribution in [-0.4, -0.2) is 125 Å². The summed E-state index contributed by atoms with van der Waals surface area (Å²) < 4.78 is 0. The van der Waals surface area contributed by atoms with E-state index in [1.165, 1.54) is 10.5 Å². The molecule has 3 N–H and O–H groups in total. The minimum Gasteiger partial charge on any atom is -0.350 e. The highest BCUT2D eigenvalue weighted by atomic mass is 32.2. The number of carbonyl (C=O) groups excluding carboxylic acids is 5. The number of hydrogen-bond acceptors (Lipinski definition) is 8. The molecule has 0 bridgehead atoms. The number of likely N-dealkylation sites (tertiary alicyclic amines) is 2. The maximum atomic E-state index is 14.4. The minimum absolute atomic E-state index is 0.0335. The van der Waals surface area contributed by atoms with E-state index < -0.39 is 30.2 Å². The fraction of sp³-hybridized carbons (Fsp3) is 0.725. The molecule has 3 aliphatic heterocycles. The average molecular weight is 756 g/mol. The van der Waals surface area contributed by atoms with Crippen LogP contribution in [0.4, 0.5) is 0 Å². The first-order valence-electron chi connectivity index (χ1n) is 19.7. The number of amides is 5. The second-order valence-corrected chi connectivity index (χ2v) is 17.5. The lowest BCUT2D eigenvalue weighted by molar-refractivity contribution is -0.153. The van der Waals surface area contributed by atoms with E-state index >= 15 is 0 Å². The lowest BCUT2D eigenvalue weighted by Crippen LogP contribution is -2.61. The van der Waals surface area contributed by atoms with Gasteiger partial charge in [-0.2, -0.15) is 0 Å². The highest BCUT2D eigenvalue weighted by Gasteiger charge is 2.45. The molecule has 4 rings (SSSR count). The third kappa shape index (κ3) is 10.1. The molecule has 53 heavy (non-hydrogen) atoms. The summed E-state index contributed by atoms with van der Waals surface area (Å²) in [6.45, 7) is 14.9. The third-order valence-corrected chi connectivity index (χ3v) is 12.4. The number of nitrogens with zero attached hydrogens (tertiary/aromatic N) is 4. The molecule has 3 unspecified atom stereocenters. The maximum Gasteiger partial charge on any atom is 0.246 e. The largest absolute Gasteiger partial charge is 0.350 e. The SMILES string of the molecule is CCC1CSC(c2ccc(CNC(=O)[C@H]3CCCN3C(=O)[C@H]3CCCN3C(=O)C(C(C)C)N(C)C(=O)[C@H](NC(=O)[C@@H](C(C)C)N(C)C)C(C)C)cc2)N1. The van der Waals surface area contributed by atoms with Crippen molar-refractivity contribution in [1.82, 2.24) is 35.6 Å². The van der Waals surface area contributed by atoms with Gasteiger partial charge in [0.25, 0.3) is 0 Å². The fourth-order valence-electron chi connectivity index (χ4n) is 8.16. The van der Waals surface area contributed by atoms with Gasteiger partial charge in [-0.15, -0.1) is 11.8 Å². The Hall–Kier alpha value is -3.16. The van der Waals surface area contributed by atoms with Crippen LogP contribution >= 0.6 is 11.8 Å². The Kier molecular flexibility index (Phi) is 15.2. The first-order valence-corrected chi connectivity index (χ1v) is 20.7. The number of rotatable bonds is 15. The smallest absolute Gasteiger partial charge is 0.246 e. The zero-order valence-electron chi connectivity index (χ0n) is 33.7. The molecule has 3 aliphatic rings. The summed E-state index contributed by atoms with van der Waals surface area (Å²) in [5.74, 6) is -0.573. The molecular formula is C40H65N7O5S. The fourth-order valence-corrected chi connectivity index (χ4v) is 9.55. The molecule has 296 valence electrons. The molecule has 3 fully saturated rings. The van der Waals surface area contributed by atoms with Crippen LogP contribution in [0, 0.1) is 17.8 Å². The molecule has 1 aromatic carbocycles. The van der Waals surface area contributed by atoms with E-state index in [1.54, 1.807) is 16.8 Å². The van der Waals surface area contributed by atoms with Gasteiger partial charge in [-0.1, -0.05) is 72.7 Å². The molecule has 0 aromatic heterocycles. The second-order valence-electron chi connectivity index (χ2n) is 16.3. The zero-order valence-corrected chi connectivity index (χ0v) is 34.5. The van der Waals surface area contributed by atoms with E-state index in [9.17, 15) is 24.0 Å². The van der Waals surface area contributed by atoms with Gasteiger partial charge in [0.2, 0.25) is 29.5 Å². The lowest BCUT2D eigenvalue weighted by atomic mass is 9.96. The summed E-state index contributed by atoms with van der Waals surface area (Å²) >= 11 is 1.92. The Balaban J connectivity index is 1.40. The maximum absolute atomic E-state index is 14.4. The number of benzene rings is 1. The molecule has 3 saturated heterocycles. The van der Waals surface area contributed by atoms with Gasteiger partial charge in [-0.3, -0.25) is 34.2 Å². The van der Waals surface area contributed by atoms with Crippen LogP contribution in [0.15, 0.2) is 24.3 Å². The van der Waals surface area contributed by atoms with Crippen LogP contribution in [0.25, 0.3) is 0 Å². The molecular weight excluding hydrogens is 691 g/mol. The van der Waals surface area contributed by atoms with Crippen LogP contribution in [0.5, 0.6) is 0 Å². The van der Waals surface area contributed by atoms with E-state index in [-0.39, 0.29) is 52.7 Å². The van der Waals surface area contributed by atoms with Crippen LogP contribution in [0.2, 0.25) is 0 Å². The van der Waals surface area contributed by atoms with Crippen molar-refractivity contribution in [1.29, 1.82) is 0 Å². The van der Waals surface area contributed by atoms with E-state index in [2.05, 4.69) is 35.0 Å². The van der Waals surface area contributed by atoms with E-state index in [0.29, 0.717) is 51.4 Å². The number of thioether (sulfide) groups is 1. The summed E-state index contributed by atoms with van der Waals surface area (Å²) in [5, 5.41) is 9.98. The lowest BCUT2D eigenvalue weighted by Gasteiger charge is -2.38. The molecule has 5 amide bonds. The van der Waals surface area contributed by atoms with Gasteiger partial charge in [-0.05, 0) is 75.1 Å². The van der Waals surface area contributed by atoms with Crippen molar-refractivity contribution in [2.24, 2.45) is 17.8 Å². The molecule has 0 radical (unpaired) electrons. The molecule has 0 aliphatic carbocycles. The molecule has 1 aromatic rings. The molecule has 0 spiro atoms. The third-order valence-electron chi connectivity index (χ3n) is 11.1. The predicted octanol–water partition coefficient (Wildman–Crippen LogP) is 3.61. The van der Waals surface area contributed by atoms with Gasteiger partial charge >= 0.3 is 0 Å². The van der Waals surface area contributed by atoms with Gasteiger partial charge in [0.15, 0.2) is 0 Å². The Labute approximate surface area is 321 Å². The summed E-state index contributed by atoms with van der Waals surface area (Å²) in [7, 11) is 5.30. The molecule has 0 saturated carbocycles. The van der Waals surface area contributed by atoms with Crippen LogP contribution in [0.3, 0.4) is 0 Å². The Morgan fingerprint density at radius 2 is 1.45 bits per heavy atom. The standard InChI is InChI=1S/C40H65N7O5S/c1-11-29-23-53-37(42-29)28-18-16-27(17-19-28)22-41-35(48)30-14-12-20-46(30)38(50)31-15-13-21-47(31)40(52)34(26(6)7)45(10)39(51)32(24(2)3)43-36(49)33(25(4)5)44(8)9/h16-19,24-26,29-34,37,42H,11-15,20-23H2,1-10H3,(H,41,48)(H,43,49)/t29?,30-,31-,32-,33-,34?,37?/m1/s1. The van der Waals surface area contributed by atoms with Crippen molar-refractivity contribution in [3.05, 3.63) is 35.4 Å². The molecule has 13 heteroatoms. The number of nitrogens with one attached hydrogen (secondary N) is 3. The van der Waals surface area contributed by atoms with Crippen molar-refractivity contribution in [3.63, 3.8) is 0 Å². The Morgan fingerprint density at radius 3 is 2.00 bits per heavy atom. The Morgan fingerprint density at radius 1 is 0.849 bits per heavy atom. The van der Waals surface area contributed by atoms with Gasteiger partial charge in [-0.25, -0.2) is 0 Å². The average Bonchev–Trinajstić information content (AvgIpc) is 3.90. The van der Waals surface area contributed by atoms with E-state index in [4.69, 9.17) is 0 Å². The van der Waals surface area contributed by atoms with Crippen LogP contribution in [-0.2, 0) is 30.5 Å². The number of hydrogen-bond donors (Lipinski definition) is 3. The molecule has 3 heterocycles. The summed E-state index contributed by atoms with van der Waals surface area (Å²) in [6.07, 6.45) is 3.55. The highest BCUT2D eigenvalue weighted by molar-refractivity contribution is 7.99. The van der Waals surface area contributed by atoms with Crippen molar-refractivity contribution in [3.8, 4) is 0 Å². The minimum atomic E-state index is -0.830. The van der Waals surface area contributed by atoms with Crippen LogP contribution < -0.4 is 16.0 Å². The van der Waals surface area contributed by atoms with Crippen molar-refractivity contribution >= 4 is 41.3 Å². The summed E-state index contributed by atoms with van der Waals surface area (Å²) in [4.78, 5) is 76.0. The normalized spacial score (nSPS) is 23.5. The molecule has 7 atom stereocenters. The monoisotopic (exact) mass is 755 g/mol. The van der Waals surface area contributed by atoms with E-state index in [0.717, 1.165) is 17.7 Å². The van der Waals surface area contributed by atoms with Crippen LogP contribution in [0.1, 0.15) is 97.1 Å². The quantitative estimate of drug-likeness (QED) is 0.248. The van der Waals surface area contributed by atoms with Gasteiger partial charge < -0.3 is 25.3 Å². The summed E-state index contributed by atoms with van der Waals surface area (Å²) in [6, 6.07) is 5.50. The highest BCUT2D eigenvalue weighted by Crippen LogP contribution is 2.34. The van der Waals surface area contributed by atoms with Gasteiger partial charge in [0, 0.05) is 38.5 Å². The summed E-state index contributed by atoms with van der Waals surface area (Å²) in [5.41, 5.74) is 2.22. The van der Waals surface area contributed by atoms with Gasteiger partial charge in [0.05, 0.1) is 11.4 Å². The van der Waals surface area contributed by atoms with Crippen molar-refractivity contribution in [2.45, 2.75) is 129 Å². The number of carbonyl (C=O) groups is 5. The topological polar surface area (TPSA) is 134 Å². The molecule has 12 nitrogen and oxygen atoms in total. The zero-order chi connectivity index (χ0) is 39.1. The first kappa shape index (κ1) is 42.6. The van der Waals surface area contributed by atoms with Gasteiger partial charge in [0.1, 0.15) is 24.2 Å². The Bertz CT molecular complexity index is 1430. The first-order chi connectivity index (χ1) is 25.1. The second kappa shape index (κ2) is 18.9. The predicted molar refractivity (Wildman–Crippen MR) is 211 cm³/mol. The van der Waals surface area contributed by atoms with Crippen molar-refractivity contribution in [2.75, 3.05) is 40.0 Å². The number of likely N-dealkylation sites (N-methyl/N-ethyl adjacent to an activating group) is 2. The van der Waals surface area contributed by atoms with Crippen molar-refractivity contribution < 1.29 is 24.0 Å².